The summed E-state index contributed by atoms with van der Waals surface area (Å²) >= 11 is 1.75. The number of amides is 1. The summed E-state index contributed by atoms with van der Waals surface area (Å²) in [6.45, 7) is 3.51. The number of carbonyl (C=O) groups excluding carboxylic acids is 1. The first-order valence-corrected chi connectivity index (χ1v) is 8.63. The third-order valence-electron chi connectivity index (χ3n) is 3.71. The molecule has 110 valence electrons. The Labute approximate surface area is 126 Å². The molecule has 2 rings (SSSR count). The molecule has 1 amide bonds. The summed E-state index contributed by atoms with van der Waals surface area (Å²) in [5.41, 5.74) is 1.27. The zero-order valence-corrected chi connectivity index (χ0v) is 13.0. The number of benzene rings is 1. The molecule has 1 saturated heterocycles. The summed E-state index contributed by atoms with van der Waals surface area (Å²) < 4.78 is 0. The standard InChI is InChI=1S/C16H24N2OS/c1-20-15-7-5-14(6-8-15)13-17-10-9-16(19)18-11-3-2-4-12-18/h5-8,17H,2-4,9-13H2,1H3. The number of hydrogen-bond acceptors (Lipinski definition) is 3. The van der Waals surface area contributed by atoms with Crippen LogP contribution in [0, 0.1) is 0 Å². The first-order valence-electron chi connectivity index (χ1n) is 7.41. The molecule has 4 heteroatoms. The number of carbonyl (C=O) groups is 1. The molecule has 1 N–H and O–H groups in total. The van der Waals surface area contributed by atoms with E-state index in [2.05, 4.69) is 35.8 Å². The predicted octanol–water partition coefficient (Wildman–Crippen LogP) is 2.90. The number of nitrogens with one attached hydrogen (secondary N) is 1. The van der Waals surface area contributed by atoms with Crippen LogP contribution in [0.5, 0.6) is 0 Å². The minimum absolute atomic E-state index is 0.301. The van der Waals surface area contributed by atoms with Crippen LogP contribution in [0.2, 0.25) is 0 Å². The molecule has 0 aromatic heterocycles. The molecule has 0 aliphatic carbocycles. The van der Waals surface area contributed by atoms with Gasteiger partial charge in [0, 0.05) is 37.5 Å². The molecule has 1 fully saturated rings. The molecule has 0 radical (unpaired) electrons. The van der Waals surface area contributed by atoms with Gasteiger partial charge in [0.15, 0.2) is 0 Å². The van der Waals surface area contributed by atoms with Crippen LogP contribution in [0.15, 0.2) is 29.2 Å². The number of thioether (sulfide) groups is 1. The quantitative estimate of drug-likeness (QED) is 0.646. The van der Waals surface area contributed by atoms with Gasteiger partial charge in [0.2, 0.25) is 5.91 Å². The van der Waals surface area contributed by atoms with Crippen LogP contribution in [0.4, 0.5) is 0 Å². The van der Waals surface area contributed by atoms with Crippen molar-refractivity contribution in [3.05, 3.63) is 29.8 Å². The Morgan fingerprint density at radius 1 is 1.20 bits per heavy atom. The van der Waals surface area contributed by atoms with E-state index in [-0.39, 0.29) is 0 Å². The highest BCUT2D eigenvalue weighted by atomic mass is 32.2. The summed E-state index contributed by atoms with van der Waals surface area (Å²) in [6, 6.07) is 8.57. The van der Waals surface area contributed by atoms with Crippen molar-refractivity contribution in [3.63, 3.8) is 0 Å². The van der Waals surface area contributed by atoms with E-state index in [1.807, 2.05) is 4.90 Å². The van der Waals surface area contributed by atoms with Crippen molar-refractivity contribution >= 4 is 17.7 Å². The molecule has 0 bridgehead atoms. The first-order chi connectivity index (χ1) is 9.79. The maximum absolute atomic E-state index is 12.0. The van der Waals surface area contributed by atoms with E-state index in [0.717, 1.165) is 26.2 Å². The Balaban J connectivity index is 1.64. The van der Waals surface area contributed by atoms with Gasteiger partial charge < -0.3 is 10.2 Å². The van der Waals surface area contributed by atoms with Gasteiger partial charge >= 0.3 is 0 Å². The van der Waals surface area contributed by atoms with Crippen molar-refractivity contribution in [1.82, 2.24) is 10.2 Å². The highest BCUT2D eigenvalue weighted by Crippen LogP contribution is 2.14. The van der Waals surface area contributed by atoms with Gasteiger partial charge in [0.05, 0.1) is 0 Å². The van der Waals surface area contributed by atoms with Crippen LogP contribution < -0.4 is 5.32 Å². The minimum atomic E-state index is 0.301. The van der Waals surface area contributed by atoms with E-state index < -0.39 is 0 Å². The average molecular weight is 292 g/mol. The van der Waals surface area contributed by atoms with E-state index in [1.165, 1.54) is 29.7 Å². The van der Waals surface area contributed by atoms with E-state index in [1.54, 1.807) is 11.8 Å². The Hall–Kier alpha value is -1.00. The maximum Gasteiger partial charge on any atom is 0.223 e. The molecule has 1 aromatic carbocycles. The van der Waals surface area contributed by atoms with Gasteiger partial charge in [-0.25, -0.2) is 0 Å². The molecule has 0 unspecified atom stereocenters. The summed E-state index contributed by atoms with van der Waals surface area (Å²) in [7, 11) is 0. The fourth-order valence-electron chi connectivity index (χ4n) is 2.47. The molecule has 20 heavy (non-hydrogen) atoms. The largest absolute Gasteiger partial charge is 0.343 e. The molecule has 1 aliphatic heterocycles. The monoisotopic (exact) mass is 292 g/mol. The minimum Gasteiger partial charge on any atom is -0.343 e. The van der Waals surface area contributed by atoms with E-state index in [4.69, 9.17) is 0 Å². The maximum atomic E-state index is 12.0. The fourth-order valence-corrected chi connectivity index (χ4v) is 2.88. The highest BCUT2D eigenvalue weighted by molar-refractivity contribution is 7.98. The topological polar surface area (TPSA) is 32.3 Å². The van der Waals surface area contributed by atoms with Crippen molar-refractivity contribution in [1.29, 1.82) is 0 Å². The lowest BCUT2D eigenvalue weighted by Gasteiger charge is -2.26. The summed E-state index contributed by atoms with van der Waals surface area (Å²) in [4.78, 5) is 15.3. The normalized spacial score (nSPS) is 15.3. The second-order valence-electron chi connectivity index (χ2n) is 5.22. The Kier molecular flexibility index (Phi) is 6.40. The van der Waals surface area contributed by atoms with E-state index >= 15 is 0 Å². The molecule has 3 nitrogen and oxygen atoms in total. The lowest BCUT2D eigenvalue weighted by Crippen LogP contribution is -2.37. The van der Waals surface area contributed by atoms with Crippen LogP contribution in [-0.4, -0.2) is 36.7 Å². The van der Waals surface area contributed by atoms with Crippen molar-refractivity contribution in [2.24, 2.45) is 0 Å². The highest BCUT2D eigenvalue weighted by Gasteiger charge is 2.15. The van der Waals surface area contributed by atoms with Crippen molar-refractivity contribution < 1.29 is 4.79 Å². The Morgan fingerprint density at radius 3 is 2.55 bits per heavy atom. The second kappa shape index (κ2) is 8.32. The number of hydrogen-bond donors (Lipinski definition) is 1. The fraction of sp³-hybridized carbons (Fsp3) is 0.562. The van der Waals surface area contributed by atoms with E-state index in [9.17, 15) is 4.79 Å². The van der Waals surface area contributed by atoms with Gasteiger partial charge in [-0.05, 0) is 43.2 Å². The number of rotatable bonds is 6. The summed E-state index contributed by atoms with van der Waals surface area (Å²) in [5.74, 6) is 0.301. The Morgan fingerprint density at radius 2 is 1.90 bits per heavy atom. The van der Waals surface area contributed by atoms with Crippen LogP contribution in [0.3, 0.4) is 0 Å². The summed E-state index contributed by atoms with van der Waals surface area (Å²) in [6.07, 6.45) is 6.30. The molecule has 1 aromatic rings. The number of likely N-dealkylation sites (tertiary alicyclic amines) is 1. The van der Waals surface area contributed by atoms with Gasteiger partial charge in [0.25, 0.3) is 0 Å². The third kappa shape index (κ3) is 4.84. The van der Waals surface area contributed by atoms with E-state index in [0.29, 0.717) is 12.3 Å². The van der Waals surface area contributed by atoms with Crippen LogP contribution >= 0.6 is 11.8 Å². The van der Waals surface area contributed by atoms with Crippen LogP contribution in [-0.2, 0) is 11.3 Å². The third-order valence-corrected chi connectivity index (χ3v) is 4.46. The van der Waals surface area contributed by atoms with Gasteiger partial charge in [-0.2, -0.15) is 0 Å². The molecule has 1 aliphatic rings. The summed E-state index contributed by atoms with van der Waals surface area (Å²) in [5, 5.41) is 3.35. The smallest absolute Gasteiger partial charge is 0.223 e. The van der Waals surface area contributed by atoms with Crippen LogP contribution in [0.25, 0.3) is 0 Å². The second-order valence-corrected chi connectivity index (χ2v) is 6.10. The molecule has 0 spiro atoms. The average Bonchev–Trinajstić information content (AvgIpc) is 2.53. The lowest BCUT2D eigenvalue weighted by molar-refractivity contribution is -0.131. The van der Waals surface area contributed by atoms with Crippen molar-refractivity contribution in [3.8, 4) is 0 Å². The lowest BCUT2D eigenvalue weighted by atomic mass is 10.1. The SMILES string of the molecule is CSc1ccc(CNCCC(=O)N2CCCCC2)cc1. The number of nitrogens with zero attached hydrogens (tertiary/aromatic N) is 1. The van der Waals surface area contributed by atoms with Gasteiger partial charge in [-0.15, -0.1) is 11.8 Å². The first kappa shape index (κ1) is 15.4. The van der Waals surface area contributed by atoms with Crippen LogP contribution in [0.1, 0.15) is 31.2 Å². The molecule has 1 heterocycles. The molecular weight excluding hydrogens is 268 g/mol. The molecule has 0 atom stereocenters. The van der Waals surface area contributed by atoms with Crippen molar-refractivity contribution in [2.75, 3.05) is 25.9 Å². The predicted molar refractivity (Wildman–Crippen MR) is 85.0 cm³/mol. The van der Waals surface area contributed by atoms with Gasteiger partial charge in [-0.3, -0.25) is 4.79 Å². The zero-order valence-electron chi connectivity index (χ0n) is 12.2. The Bertz CT molecular complexity index is 413. The van der Waals surface area contributed by atoms with Gasteiger partial charge in [-0.1, -0.05) is 12.1 Å². The molecular formula is C16H24N2OS. The van der Waals surface area contributed by atoms with Gasteiger partial charge in [0.1, 0.15) is 0 Å². The molecule has 0 saturated carbocycles. The van der Waals surface area contributed by atoms with Crippen molar-refractivity contribution in [2.45, 2.75) is 37.1 Å². The number of piperidine rings is 1. The zero-order chi connectivity index (χ0) is 14.2.